The van der Waals surface area contributed by atoms with E-state index in [1.807, 2.05) is 16.8 Å². The lowest BCUT2D eigenvalue weighted by atomic mass is 10.1. The van der Waals surface area contributed by atoms with Gasteiger partial charge >= 0.3 is 0 Å². The largest absolute Gasteiger partial charge is 0.322 e. The molecule has 1 aliphatic rings. The summed E-state index contributed by atoms with van der Waals surface area (Å²) < 4.78 is 24.7. The van der Waals surface area contributed by atoms with Gasteiger partial charge in [-0.05, 0) is 65.2 Å². The standard InChI is InChI=1S/C19H19N5O3S/c1-28(26,27)12-13-3-2-4-15(11-13)19(25)20-16-7-5-14(6-8-16)18-21-22-23-24(18)17-9-10-17/h2-8,11,17H,9-10,12H2,1H3,(H,20,25). The fourth-order valence-electron chi connectivity index (χ4n) is 2.96. The van der Waals surface area contributed by atoms with Crippen molar-refractivity contribution in [1.82, 2.24) is 20.2 Å². The van der Waals surface area contributed by atoms with Crippen LogP contribution >= 0.6 is 0 Å². The third kappa shape index (κ3) is 4.25. The van der Waals surface area contributed by atoms with Crippen molar-refractivity contribution in [3.05, 3.63) is 59.7 Å². The third-order valence-corrected chi connectivity index (χ3v) is 5.26. The quantitative estimate of drug-likeness (QED) is 0.685. The van der Waals surface area contributed by atoms with E-state index in [1.165, 1.54) is 6.26 Å². The first-order valence-electron chi connectivity index (χ1n) is 8.85. The number of sulfone groups is 1. The van der Waals surface area contributed by atoms with Crippen LogP contribution in [0.4, 0.5) is 5.69 Å². The molecule has 144 valence electrons. The normalized spacial score (nSPS) is 14.0. The molecule has 1 heterocycles. The number of carbonyl (C=O) groups is 1. The molecular formula is C19H19N5O3S. The molecule has 9 heteroatoms. The fourth-order valence-corrected chi connectivity index (χ4v) is 3.74. The van der Waals surface area contributed by atoms with Gasteiger partial charge < -0.3 is 5.32 Å². The van der Waals surface area contributed by atoms with Gasteiger partial charge in [-0.25, -0.2) is 13.1 Å². The number of carbonyl (C=O) groups excluding carboxylic acids is 1. The maximum Gasteiger partial charge on any atom is 0.255 e. The van der Waals surface area contributed by atoms with Crippen molar-refractivity contribution in [2.45, 2.75) is 24.6 Å². The van der Waals surface area contributed by atoms with Crippen LogP contribution in [-0.4, -0.2) is 40.8 Å². The zero-order chi connectivity index (χ0) is 19.7. The van der Waals surface area contributed by atoms with Crippen molar-refractivity contribution in [2.75, 3.05) is 11.6 Å². The van der Waals surface area contributed by atoms with Crippen LogP contribution in [0.5, 0.6) is 0 Å². The Bertz CT molecular complexity index is 1120. The number of nitrogens with one attached hydrogen (secondary N) is 1. The van der Waals surface area contributed by atoms with Crippen molar-refractivity contribution >= 4 is 21.4 Å². The van der Waals surface area contributed by atoms with Crippen LogP contribution in [0.25, 0.3) is 11.4 Å². The van der Waals surface area contributed by atoms with Crippen LogP contribution < -0.4 is 5.32 Å². The first-order chi connectivity index (χ1) is 13.4. The minimum absolute atomic E-state index is 0.0987. The molecule has 28 heavy (non-hydrogen) atoms. The van der Waals surface area contributed by atoms with Crippen LogP contribution in [0, 0.1) is 0 Å². The van der Waals surface area contributed by atoms with Crippen LogP contribution in [0.15, 0.2) is 48.5 Å². The summed E-state index contributed by atoms with van der Waals surface area (Å²) in [7, 11) is -3.16. The molecule has 0 radical (unpaired) electrons. The van der Waals surface area contributed by atoms with Gasteiger partial charge in [-0.15, -0.1) is 5.10 Å². The molecule has 1 fully saturated rings. The highest BCUT2D eigenvalue weighted by molar-refractivity contribution is 7.89. The van der Waals surface area contributed by atoms with Crippen molar-refractivity contribution in [2.24, 2.45) is 0 Å². The molecule has 0 saturated heterocycles. The number of hydrogen-bond donors (Lipinski definition) is 1. The van der Waals surface area contributed by atoms with Crippen molar-refractivity contribution in [3.8, 4) is 11.4 Å². The van der Waals surface area contributed by atoms with Crippen molar-refractivity contribution in [1.29, 1.82) is 0 Å². The van der Waals surface area contributed by atoms with E-state index in [0.717, 1.165) is 18.4 Å². The number of benzene rings is 2. The van der Waals surface area contributed by atoms with Gasteiger partial charge in [0.2, 0.25) is 0 Å². The van der Waals surface area contributed by atoms with Crippen LogP contribution in [0.1, 0.15) is 34.8 Å². The molecule has 0 spiro atoms. The highest BCUT2D eigenvalue weighted by atomic mass is 32.2. The Morgan fingerprint density at radius 2 is 1.93 bits per heavy atom. The summed E-state index contributed by atoms with van der Waals surface area (Å²) in [6, 6.07) is 14.3. The molecule has 0 unspecified atom stereocenters. The topological polar surface area (TPSA) is 107 Å². The zero-order valence-corrected chi connectivity index (χ0v) is 16.1. The molecular weight excluding hydrogens is 378 g/mol. The maximum atomic E-state index is 12.5. The lowest BCUT2D eigenvalue weighted by Gasteiger charge is -2.08. The first-order valence-corrected chi connectivity index (χ1v) is 10.9. The van der Waals surface area contributed by atoms with E-state index in [2.05, 4.69) is 20.8 Å². The molecule has 0 bridgehead atoms. The van der Waals surface area contributed by atoms with E-state index < -0.39 is 9.84 Å². The number of hydrogen-bond acceptors (Lipinski definition) is 6. The molecule has 2 aromatic carbocycles. The Balaban J connectivity index is 1.48. The lowest BCUT2D eigenvalue weighted by molar-refractivity contribution is 0.102. The smallest absolute Gasteiger partial charge is 0.255 e. The van der Waals surface area contributed by atoms with E-state index in [9.17, 15) is 13.2 Å². The summed E-state index contributed by atoms with van der Waals surface area (Å²) in [5.41, 5.74) is 2.50. The molecule has 0 atom stereocenters. The number of tetrazole rings is 1. The molecule has 1 amide bonds. The highest BCUT2D eigenvalue weighted by Crippen LogP contribution is 2.36. The number of aromatic nitrogens is 4. The summed E-state index contributed by atoms with van der Waals surface area (Å²) in [4.78, 5) is 12.5. The predicted molar refractivity (Wildman–Crippen MR) is 104 cm³/mol. The molecule has 8 nitrogen and oxygen atoms in total. The van der Waals surface area contributed by atoms with Crippen LogP contribution in [0.3, 0.4) is 0 Å². The zero-order valence-electron chi connectivity index (χ0n) is 15.2. The molecule has 4 rings (SSSR count). The summed E-state index contributed by atoms with van der Waals surface area (Å²) in [6.07, 6.45) is 3.34. The van der Waals surface area contributed by atoms with Crippen LogP contribution in [-0.2, 0) is 15.6 Å². The number of rotatable bonds is 6. The Morgan fingerprint density at radius 3 is 2.61 bits per heavy atom. The van der Waals surface area contributed by atoms with E-state index in [1.54, 1.807) is 36.4 Å². The number of anilines is 1. The minimum atomic E-state index is -3.16. The molecule has 0 aliphatic heterocycles. The molecule has 1 saturated carbocycles. The number of nitrogens with zero attached hydrogens (tertiary/aromatic N) is 4. The lowest BCUT2D eigenvalue weighted by Crippen LogP contribution is -2.12. The van der Waals surface area contributed by atoms with Gasteiger partial charge in [-0.3, -0.25) is 4.79 Å². The summed E-state index contributed by atoms with van der Waals surface area (Å²) in [6.45, 7) is 0. The minimum Gasteiger partial charge on any atom is -0.322 e. The highest BCUT2D eigenvalue weighted by Gasteiger charge is 2.28. The second kappa shape index (κ2) is 7.16. The number of amides is 1. The van der Waals surface area contributed by atoms with Gasteiger partial charge in [0, 0.05) is 23.1 Å². The summed E-state index contributed by atoms with van der Waals surface area (Å²) in [5, 5.41) is 14.7. The average Bonchev–Trinajstić information content (AvgIpc) is 3.38. The first kappa shape index (κ1) is 18.3. The molecule has 1 aromatic heterocycles. The Labute approximate surface area is 162 Å². The van der Waals surface area contributed by atoms with Crippen molar-refractivity contribution < 1.29 is 13.2 Å². The Hall–Kier alpha value is -3.07. The third-order valence-electron chi connectivity index (χ3n) is 4.40. The molecule has 1 N–H and O–H groups in total. The van der Waals surface area contributed by atoms with E-state index in [-0.39, 0.29) is 11.7 Å². The SMILES string of the molecule is CS(=O)(=O)Cc1cccc(C(=O)Nc2ccc(-c3nnnn3C3CC3)cc2)c1. The van der Waals surface area contributed by atoms with Crippen molar-refractivity contribution in [3.63, 3.8) is 0 Å². The molecule has 1 aliphatic carbocycles. The monoisotopic (exact) mass is 397 g/mol. The van der Waals surface area contributed by atoms with E-state index >= 15 is 0 Å². The maximum absolute atomic E-state index is 12.5. The Kier molecular flexibility index (Phi) is 4.68. The second-order valence-corrected chi connectivity index (χ2v) is 9.12. The van der Waals surface area contributed by atoms with Gasteiger partial charge in [-0.2, -0.15) is 0 Å². The van der Waals surface area contributed by atoms with Gasteiger partial charge in [0.05, 0.1) is 11.8 Å². The average molecular weight is 397 g/mol. The molecule has 3 aromatic rings. The fraction of sp³-hybridized carbons (Fsp3) is 0.263. The van der Waals surface area contributed by atoms with Gasteiger partial charge in [0.25, 0.3) is 5.91 Å². The van der Waals surface area contributed by atoms with Gasteiger partial charge in [-0.1, -0.05) is 12.1 Å². The predicted octanol–water partition coefficient (Wildman–Crippen LogP) is 2.47. The summed E-state index contributed by atoms with van der Waals surface area (Å²) >= 11 is 0. The van der Waals surface area contributed by atoms with Gasteiger partial charge in [0.1, 0.15) is 0 Å². The summed E-state index contributed by atoms with van der Waals surface area (Å²) in [5.74, 6) is 0.318. The van der Waals surface area contributed by atoms with E-state index in [4.69, 9.17) is 0 Å². The second-order valence-electron chi connectivity index (χ2n) is 6.98. The van der Waals surface area contributed by atoms with Crippen LogP contribution in [0.2, 0.25) is 0 Å². The van der Waals surface area contributed by atoms with E-state index in [0.29, 0.717) is 28.7 Å². The van der Waals surface area contributed by atoms with Gasteiger partial charge in [0.15, 0.2) is 15.7 Å². The Morgan fingerprint density at radius 1 is 1.18 bits per heavy atom.